The van der Waals surface area contributed by atoms with Gasteiger partial charge in [-0.2, -0.15) is 13.2 Å². The Morgan fingerprint density at radius 1 is 1.41 bits per heavy atom. The highest BCUT2D eigenvalue weighted by molar-refractivity contribution is 5.92. The van der Waals surface area contributed by atoms with Gasteiger partial charge in [0, 0.05) is 12.6 Å². The summed E-state index contributed by atoms with van der Waals surface area (Å²) in [6.45, 7) is 1.37. The maximum Gasteiger partial charge on any atom is 0.416 e. The average Bonchev–Trinajstić information content (AvgIpc) is 2.90. The third-order valence-electron chi connectivity index (χ3n) is 2.92. The lowest BCUT2D eigenvalue weighted by Crippen LogP contribution is -2.28. The Kier molecular flexibility index (Phi) is 4.51. The van der Waals surface area contributed by atoms with Crippen LogP contribution in [0.2, 0.25) is 0 Å². The van der Waals surface area contributed by atoms with Crippen LogP contribution in [0.5, 0.6) is 0 Å². The second kappa shape index (κ2) is 6.18. The van der Waals surface area contributed by atoms with Crippen molar-refractivity contribution in [3.63, 3.8) is 0 Å². The predicted octanol–water partition coefficient (Wildman–Crippen LogP) is 2.47. The second-order valence-electron chi connectivity index (χ2n) is 4.67. The van der Waals surface area contributed by atoms with Gasteiger partial charge in [0.25, 0.3) is 5.91 Å². The van der Waals surface area contributed by atoms with Crippen LogP contribution >= 0.6 is 0 Å². The highest BCUT2D eigenvalue weighted by Gasteiger charge is 2.30. The van der Waals surface area contributed by atoms with E-state index in [2.05, 4.69) is 10.5 Å². The Bertz CT molecular complexity index is 667. The number of aromatic nitrogens is 1. The molecule has 2 aromatic rings. The van der Waals surface area contributed by atoms with E-state index in [9.17, 15) is 23.1 Å². The van der Waals surface area contributed by atoms with Crippen LogP contribution in [0.1, 0.15) is 33.5 Å². The van der Waals surface area contributed by atoms with Gasteiger partial charge in [0.2, 0.25) is 0 Å². The summed E-state index contributed by atoms with van der Waals surface area (Å²) in [5.74, 6) is -0.133. The average molecular weight is 314 g/mol. The van der Waals surface area contributed by atoms with Gasteiger partial charge in [-0.25, -0.2) is 0 Å². The van der Waals surface area contributed by atoms with Crippen LogP contribution in [0.25, 0.3) is 0 Å². The van der Waals surface area contributed by atoms with E-state index < -0.39 is 23.8 Å². The van der Waals surface area contributed by atoms with Crippen LogP contribution in [-0.4, -0.2) is 22.7 Å². The Labute approximate surface area is 123 Å². The number of halogens is 3. The van der Waals surface area contributed by atoms with Crippen molar-refractivity contribution >= 4 is 5.91 Å². The van der Waals surface area contributed by atoms with Gasteiger partial charge in [-0.05, 0) is 24.6 Å². The van der Waals surface area contributed by atoms with Crippen molar-refractivity contribution in [1.29, 1.82) is 0 Å². The molecule has 0 saturated heterocycles. The maximum absolute atomic E-state index is 12.6. The Balaban J connectivity index is 2.00. The molecule has 2 N–H and O–H groups in total. The van der Waals surface area contributed by atoms with Crippen molar-refractivity contribution in [2.75, 3.05) is 6.54 Å². The number of rotatable bonds is 4. The van der Waals surface area contributed by atoms with Gasteiger partial charge in [-0.1, -0.05) is 17.3 Å². The largest absolute Gasteiger partial charge is 0.416 e. The van der Waals surface area contributed by atoms with Crippen LogP contribution in [-0.2, 0) is 6.18 Å². The number of aryl methyl sites for hydroxylation is 1. The summed E-state index contributed by atoms with van der Waals surface area (Å²) in [6.07, 6.45) is -5.75. The van der Waals surface area contributed by atoms with Gasteiger partial charge >= 0.3 is 6.18 Å². The molecule has 0 aliphatic heterocycles. The second-order valence-corrected chi connectivity index (χ2v) is 4.67. The Hall–Kier alpha value is -2.35. The third kappa shape index (κ3) is 3.85. The lowest BCUT2D eigenvalue weighted by atomic mass is 10.1. The summed E-state index contributed by atoms with van der Waals surface area (Å²) >= 11 is 0. The quantitative estimate of drug-likeness (QED) is 0.909. The molecule has 0 saturated carbocycles. The summed E-state index contributed by atoms with van der Waals surface area (Å²) in [4.78, 5) is 11.7. The number of hydrogen-bond acceptors (Lipinski definition) is 4. The zero-order chi connectivity index (χ0) is 16.3. The van der Waals surface area contributed by atoms with Gasteiger partial charge < -0.3 is 14.9 Å². The topological polar surface area (TPSA) is 75.4 Å². The number of aliphatic hydroxyl groups is 1. The molecule has 1 amide bonds. The molecule has 0 spiro atoms. The zero-order valence-corrected chi connectivity index (χ0v) is 11.5. The molecule has 22 heavy (non-hydrogen) atoms. The fraction of sp³-hybridized carbons (Fsp3) is 0.286. The number of nitrogens with zero attached hydrogens (tertiary/aromatic N) is 1. The van der Waals surface area contributed by atoms with Crippen molar-refractivity contribution in [3.8, 4) is 0 Å². The van der Waals surface area contributed by atoms with Crippen molar-refractivity contribution in [1.82, 2.24) is 10.5 Å². The lowest BCUT2D eigenvalue weighted by Gasteiger charge is -2.14. The smallest absolute Gasteiger partial charge is 0.387 e. The number of nitrogens with one attached hydrogen (secondary N) is 1. The van der Waals surface area contributed by atoms with Crippen molar-refractivity contribution < 1.29 is 27.6 Å². The molecule has 8 heteroatoms. The van der Waals surface area contributed by atoms with Crippen LogP contribution in [0.4, 0.5) is 13.2 Å². The normalized spacial score (nSPS) is 13.0. The molecular weight excluding hydrogens is 301 g/mol. The molecular formula is C14H13F3N2O3. The summed E-state index contributed by atoms with van der Waals surface area (Å²) in [7, 11) is 0. The number of benzene rings is 1. The highest BCUT2D eigenvalue weighted by atomic mass is 19.4. The SMILES string of the molecule is Cc1cc(C(=O)NCC(O)c2cccc(C(F)(F)F)c2)no1. The minimum absolute atomic E-state index is 0.0359. The van der Waals surface area contributed by atoms with Gasteiger partial charge in [-0.3, -0.25) is 4.79 Å². The van der Waals surface area contributed by atoms with E-state index in [1.807, 2.05) is 0 Å². The molecule has 0 bridgehead atoms. The minimum atomic E-state index is -4.49. The molecule has 1 heterocycles. The number of alkyl halides is 3. The highest BCUT2D eigenvalue weighted by Crippen LogP contribution is 2.30. The zero-order valence-electron chi connectivity index (χ0n) is 11.5. The molecule has 1 unspecified atom stereocenters. The molecule has 0 radical (unpaired) electrons. The predicted molar refractivity (Wildman–Crippen MR) is 70.0 cm³/mol. The van der Waals surface area contributed by atoms with E-state index in [0.29, 0.717) is 5.76 Å². The van der Waals surface area contributed by atoms with E-state index in [-0.39, 0.29) is 17.8 Å². The van der Waals surface area contributed by atoms with Crippen molar-refractivity contribution in [3.05, 3.63) is 52.9 Å². The van der Waals surface area contributed by atoms with Crippen LogP contribution in [0.15, 0.2) is 34.9 Å². The molecule has 1 aromatic carbocycles. The van der Waals surface area contributed by atoms with Gasteiger partial charge in [-0.15, -0.1) is 0 Å². The molecule has 0 fully saturated rings. The number of aliphatic hydroxyl groups excluding tert-OH is 1. The van der Waals surface area contributed by atoms with Crippen LogP contribution < -0.4 is 5.32 Å². The maximum atomic E-state index is 12.6. The van der Waals surface area contributed by atoms with E-state index in [1.165, 1.54) is 18.2 Å². The van der Waals surface area contributed by atoms with Crippen molar-refractivity contribution in [2.45, 2.75) is 19.2 Å². The van der Waals surface area contributed by atoms with Gasteiger partial charge in [0.15, 0.2) is 5.69 Å². The first-order valence-electron chi connectivity index (χ1n) is 6.34. The first kappa shape index (κ1) is 16.0. The van der Waals surface area contributed by atoms with Crippen molar-refractivity contribution in [2.24, 2.45) is 0 Å². The monoisotopic (exact) mass is 314 g/mol. The summed E-state index contributed by atoms with van der Waals surface area (Å²) < 4.78 is 42.5. The minimum Gasteiger partial charge on any atom is -0.387 e. The molecule has 118 valence electrons. The number of carbonyl (C=O) groups is 1. The van der Waals surface area contributed by atoms with Crippen LogP contribution in [0, 0.1) is 6.92 Å². The molecule has 1 atom stereocenters. The Morgan fingerprint density at radius 3 is 2.73 bits per heavy atom. The molecule has 5 nitrogen and oxygen atoms in total. The van der Waals surface area contributed by atoms with Gasteiger partial charge in [0.1, 0.15) is 5.76 Å². The fourth-order valence-electron chi connectivity index (χ4n) is 1.79. The van der Waals surface area contributed by atoms with E-state index in [0.717, 1.165) is 12.1 Å². The summed E-state index contributed by atoms with van der Waals surface area (Å²) in [5, 5.41) is 15.8. The first-order valence-corrected chi connectivity index (χ1v) is 6.34. The standard InChI is InChI=1S/C14H13F3N2O3/c1-8-5-11(19-22-8)13(21)18-7-12(20)9-3-2-4-10(6-9)14(15,16)17/h2-6,12,20H,7H2,1H3,(H,18,21). The fourth-order valence-corrected chi connectivity index (χ4v) is 1.79. The number of carbonyl (C=O) groups excluding carboxylic acids is 1. The molecule has 1 aromatic heterocycles. The van der Waals surface area contributed by atoms with Crippen LogP contribution in [0.3, 0.4) is 0 Å². The Morgan fingerprint density at radius 2 is 2.14 bits per heavy atom. The number of hydrogen-bond donors (Lipinski definition) is 2. The number of amides is 1. The summed E-state index contributed by atoms with van der Waals surface area (Å²) in [5.41, 5.74) is -0.761. The van der Waals surface area contributed by atoms with E-state index in [1.54, 1.807) is 6.92 Å². The van der Waals surface area contributed by atoms with E-state index >= 15 is 0 Å². The lowest BCUT2D eigenvalue weighted by molar-refractivity contribution is -0.137. The molecule has 0 aliphatic rings. The molecule has 0 aliphatic carbocycles. The first-order chi connectivity index (χ1) is 10.3. The molecule has 2 rings (SSSR count). The summed E-state index contributed by atoms with van der Waals surface area (Å²) in [6, 6.07) is 5.71. The van der Waals surface area contributed by atoms with Gasteiger partial charge in [0.05, 0.1) is 11.7 Å². The van der Waals surface area contributed by atoms with E-state index in [4.69, 9.17) is 4.52 Å². The third-order valence-corrected chi connectivity index (χ3v) is 2.92.